The Morgan fingerprint density at radius 2 is 1.45 bits per heavy atom. The van der Waals surface area contributed by atoms with E-state index in [0.717, 1.165) is 5.56 Å². The van der Waals surface area contributed by atoms with Gasteiger partial charge in [-0.1, -0.05) is 30.4 Å². The zero-order valence-electron chi connectivity index (χ0n) is 12.2. The minimum absolute atomic E-state index is 0.0487. The van der Waals surface area contributed by atoms with Crippen LogP contribution in [-0.2, 0) is 12.8 Å². The fraction of sp³-hybridized carbons (Fsp3) is 0.111. The second kappa shape index (κ2) is 8.42. The monoisotopic (exact) mass is 300 g/mol. The van der Waals surface area contributed by atoms with Gasteiger partial charge in [-0.3, -0.25) is 0 Å². The van der Waals surface area contributed by atoms with E-state index in [1.54, 1.807) is 30.4 Å². The van der Waals surface area contributed by atoms with E-state index < -0.39 is 0 Å². The van der Waals surface area contributed by atoms with Gasteiger partial charge >= 0.3 is 0 Å². The van der Waals surface area contributed by atoms with E-state index in [1.165, 1.54) is 18.2 Å². The van der Waals surface area contributed by atoms with Crippen molar-refractivity contribution in [1.82, 2.24) is 0 Å². The molecule has 2 rings (SSSR count). The normalized spacial score (nSPS) is 9.45. The van der Waals surface area contributed by atoms with Crippen LogP contribution in [-0.4, -0.2) is 20.4 Å². The molecule has 2 aromatic carbocycles. The van der Waals surface area contributed by atoms with Gasteiger partial charge in [-0.15, -0.1) is 13.2 Å². The molecular weight excluding hydrogens is 280 g/mol. The van der Waals surface area contributed by atoms with Crippen molar-refractivity contribution in [1.29, 1.82) is 0 Å². The molecule has 116 valence electrons. The minimum atomic E-state index is -0.0854. The molecule has 2 aromatic rings. The lowest BCUT2D eigenvalue weighted by Crippen LogP contribution is -1.81. The smallest absolute Gasteiger partial charge is 0.160 e. The predicted molar refractivity (Wildman–Crippen MR) is 87.3 cm³/mol. The fourth-order valence-electron chi connectivity index (χ4n) is 1.76. The van der Waals surface area contributed by atoms with E-state index in [-0.39, 0.29) is 23.0 Å². The van der Waals surface area contributed by atoms with Crippen molar-refractivity contribution >= 4 is 0 Å². The summed E-state index contributed by atoms with van der Waals surface area (Å²) in [5.74, 6) is -0.293. The molecule has 4 nitrogen and oxygen atoms in total. The quantitative estimate of drug-likeness (QED) is 0.513. The molecule has 4 heteroatoms. The van der Waals surface area contributed by atoms with E-state index in [4.69, 9.17) is 15.3 Å². The minimum Gasteiger partial charge on any atom is -0.504 e. The van der Waals surface area contributed by atoms with E-state index in [9.17, 15) is 5.11 Å². The van der Waals surface area contributed by atoms with Gasteiger partial charge in [0.25, 0.3) is 0 Å². The van der Waals surface area contributed by atoms with E-state index in [1.807, 2.05) is 0 Å². The van der Waals surface area contributed by atoms with Crippen LogP contribution in [0.15, 0.2) is 61.7 Å². The number of benzene rings is 2. The van der Waals surface area contributed by atoms with Crippen LogP contribution in [0, 0.1) is 0 Å². The Labute approximate surface area is 129 Å². The van der Waals surface area contributed by atoms with Crippen LogP contribution in [0.5, 0.6) is 23.0 Å². The Hall–Kier alpha value is -2.88. The van der Waals surface area contributed by atoms with Gasteiger partial charge in [0.05, 0.1) is 0 Å². The summed E-state index contributed by atoms with van der Waals surface area (Å²) in [5.41, 5.74) is 1.63. The van der Waals surface area contributed by atoms with Gasteiger partial charge in [0.15, 0.2) is 23.0 Å². The molecule has 0 aliphatic heterocycles. The van der Waals surface area contributed by atoms with Crippen LogP contribution in [0.1, 0.15) is 11.1 Å². The molecule has 0 aliphatic carbocycles. The molecule has 0 fully saturated rings. The molecule has 0 saturated carbocycles. The van der Waals surface area contributed by atoms with Crippen molar-refractivity contribution in [2.24, 2.45) is 0 Å². The number of hydrogen-bond acceptors (Lipinski definition) is 4. The van der Waals surface area contributed by atoms with Gasteiger partial charge < -0.3 is 20.4 Å². The molecule has 0 radical (unpaired) electrons. The third-order valence-corrected chi connectivity index (χ3v) is 2.88. The van der Waals surface area contributed by atoms with Crippen molar-refractivity contribution in [2.45, 2.75) is 12.8 Å². The van der Waals surface area contributed by atoms with Gasteiger partial charge in [0, 0.05) is 5.56 Å². The highest BCUT2D eigenvalue weighted by molar-refractivity contribution is 5.45. The maximum absolute atomic E-state index is 9.23. The van der Waals surface area contributed by atoms with Crippen LogP contribution in [0.2, 0.25) is 0 Å². The largest absolute Gasteiger partial charge is 0.504 e. The molecule has 4 N–H and O–H groups in total. The molecule has 0 saturated heterocycles. The predicted octanol–water partition coefficient (Wildman–Crippen LogP) is 3.65. The number of phenolic OH excluding ortho intramolecular Hbond substituents is 4. The Bertz CT molecular complexity index is 648. The lowest BCUT2D eigenvalue weighted by atomic mass is 10.1. The molecule has 0 aliphatic rings. The average Bonchev–Trinajstić information content (AvgIpc) is 2.49. The van der Waals surface area contributed by atoms with E-state index >= 15 is 0 Å². The first-order valence-electron chi connectivity index (χ1n) is 6.72. The second-order valence-electron chi connectivity index (χ2n) is 4.59. The molecule has 22 heavy (non-hydrogen) atoms. The first-order valence-corrected chi connectivity index (χ1v) is 6.72. The fourth-order valence-corrected chi connectivity index (χ4v) is 1.76. The van der Waals surface area contributed by atoms with Crippen LogP contribution in [0.25, 0.3) is 0 Å². The van der Waals surface area contributed by atoms with E-state index in [0.29, 0.717) is 18.4 Å². The lowest BCUT2D eigenvalue weighted by molar-refractivity contribution is 0.400. The van der Waals surface area contributed by atoms with Gasteiger partial charge in [-0.05, 0) is 36.6 Å². The van der Waals surface area contributed by atoms with Gasteiger partial charge in [-0.2, -0.15) is 0 Å². The third-order valence-electron chi connectivity index (χ3n) is 2.88. The highest BCUT2D eigenvalue weighted by Gasteiger charge is 2.02. The summed E-state index contributed by atoms with van der Waals surface area (Å²) in [5, 5.41) is 36.3. The molecule has 0 amide bonds. The first-order chi connectivity index (χ1) is 10.5. The molecule has 0 spiro atoms. The highest BCUT2D eigenvalue weighted by atomic mass is 16.3. The maximum atomic E-state index is 9.23. The van der Waals surface area contributed by atoms with Crippen molar-refractivity contribution in [3.8, 4) is 23.0 Å². The van der Waals surface area contributed by atoms with Crippen LogP contribution in [0.4, 0.5) is 0 Å². The zero-order chi connectivity index (χ0) is 16.5. The highest BCUT2D eigenvalue weighted by Crippen LogP contribution is 2.28. The molecule has 0 atom stereocenters. The maximum Gasteiger partial charge on any atom is 0.160 e. The van der Waals surface area contributed by atoms with Crippen LogP contribution in [0.3, 0.4) is 0 Å². The molecule has 0 aromatic heterocycles. The Balaban J connectivity index is 0.000000220. The van der Waals surface area contributed by atoms with E-state index in [2.05, 4.69) is 13.2 Å². The second-order valence-corrected chi connectivity index (χ2v) is 4.59. The Kier molecular flexibility index (Phi) is 6.57. The lowest BCUT2D eigenvalue weighted by Gasteiger charge is -2.01. The molecule has 0 heterocycles. The van der Waals surface area contributed by atoms with Crippen molar-refractivity contribution in [2.75, 3.05) is 0 Å². The summed E-state index contributed by atoms with van der Waals surface area (Å²) in [6, 6.07) is 9.62. The topological polar surface area (TPSA) is 80.9 Å². The summed E-state index contributed by atoms with van der Waals surface area (Å²) < 4.78 is 0. The Morgan fingerprint density at radius 3 is 2.05 bits per heavy atom. The first kappa shape index (κ1) is 17.2. The number of rotatable bonds is 4. The number of hydrogen-bond donors (Lipinski definition) is 4. The Morgan fingerprint density at radius 1 is 0.773 bits per heavy atom. The van der Waals surface area contributed by atoms with Gasteiger partial charge in [0.2, 0.25) is 0 Å². The summed E-state index contributed by atoms with van der Waals surface area (Å²) in [6.07, 6.45) is 4.69. The van der Waals surface area contributed by atoms with Crippen molar-refractivity contribution in [3.05, 3.63) is 72.8 Å². The summed E-state index contributed by atoms with van der Waals surface area (Å²) in [6.45, 7) is 7.10. The van der Waals surface area contributed by atoms with Gasteiger partial charge in [0.1, 0.15) is 0 Å². The molecule has 0 bridgehead atoms. The van der Waals surface area contributed by atoms with Crippen LogP contribution < -0.4 is 0 Å². The third kappa shape index (κ3) is 4.90. The van der Waals surface area contributed by atoms with Crippen molar-refractivity contribution < 1.29 is 20.4 Å². The number of allylic oxidation sites excluding steroid dienone is 2. The number of para-hydroxylation sites is 1. The zero-order valence-corrected chi connectivity index (χ0v) is 12.2. The number of aromatic hydroxyl groups is 4. The summed E-state index contributed by atoms with van der Waals surface area (Å²) in [4.78, 5) is 0. The molecule has 0 unspecified atom stereocenters. The molecular formula is C18H20O4. The number of phenols is 4. The summed E-state index contributed by atoms with van der Waals surface area (Å²) >= 11 is 0. The average molecular weight is 300 g/mol. The van der Waals surface area contributed by atoms with Crippen LogP contribution >= 0.6 is 0 Å². The standard InChI is InChI=1S/2C9H10O2/c1-2-4-7-5-3-6-8(10)9(7)11;1-2-3-7-4-5-8(10)9(11)6-7/h2-3,5-6,10-11H,1,4H2;2,4-6,10-11H,1,3H2. The SMILES string of the molecule is C=CCc1ccc(O)c(O)c1.C=CCc1cccc(O)c1O. The van der Waals surface area contributed by atoms with Gasteiger partial charge in [-0.25, -0.2) is 0 Å². The summed E-state index contributed by atoms with van der Waals surface area (Å²) in [7, 11) is 0. The van der Waals surface area contributed by atoms with Crippen molar-refractivity contribution in [3.63, 3.8) is 0 Å².